The number of hydrogen-bond acceptors (Lipinski definition) is 6. The van der Waals surface area contributed by atoms with Gasteiger partial charge < -0.3 is 0 Å². The Balaban J connectivity index is 1.70. The molecule has 0 unspecified atom stereocenters. The molecule has 4 rings (SSSR count). The third kappa shape index (κ3) is 3.87. The summed E-state index contributed by atoms with van der Waals surface area (Å²) in [5, 5.41) is 11.3. The number of nitro benzene ring substituents is 1. The van der Waals surface area contributed by atoms with Crippen LogP contribution in [0.15, 0.2) is 40.1 Å². The zero-order valence-electron chi connectivity index (χ0n) is 17.3. The van der Waals surface area contributed by atoms with Crippen LogP contribution in [-0.2, 0) is 26.5 Å². The van der Waals surface area contributed by atoms with Crippen molar-refractivity contribution >= 4 is 43.0 Å². The monoisotopic (exact) mass is 499 g/mol. The summed E-state index contributed by atoms with van der Waals surface area (Å²) in [6.45, 7) is 2.51. The van der Waals surface area contributed by atoms with Crippen molar-refractivity contribution in [1.29, 1.82) is 0 Å². The minimum Gasteiger partial charge on any atom is -0.266 e. The van der Waals surface area contributed by atoms with E-state index in [1.165, 1.54) is 35.5 Å². The van der Waals surface area contributed by atoms with Gasteiger partial charge in [-0.2, -0.15) is 4.31 Å². The third-order valence-corrected chi connectivity index (χ3v) is 10.0. The van der Waals surface area contributed by atoms with E-state index >= 15 is 0 Å². The van der Waals surface area contributed by atoms with Gasteiger partial charge in [0.25, 0.3) is 15.7 Å². The Morgan fingerprint density at radius 1 is 0.938 bits per heavy atom. The van der Waals surface area contributed by atoms with Gasteiger partial charge in [-0.05, 0) is 56.0 Å². The number of fused-ring (bicyclic) bond motifs is 1. The van der Waals surface area contributed by atoms with Crippen molar-refractivity contribution in [2.24, 2.45) is 0 Å². The molecule has 0 N–H and O–H groups in total. The number of piperidine rings is 1. The molecule has 0 bridgehead atoms. The smallest absolute Gasteiger partial charge is 0.266 e. The van der Waals surface area contributed by atoms with E-state index in [1.54, 1.807) is 0 Å². The topological polar surface area (TPSA) is 118 Å². The zero-order chi connectivity index (χ0) is 23.3. The van der Waals surface area contributed by atoms with Gasteiger partial charge in [-0.15, -0.1) is 0 Å². The fraction of sp³-hybridized carbons (Fsp3) is 0.400. The first-order chi connectivity index (χ1) is 15.0. The third-order valence-electron chi connectivity index (χ3n) is 5.93. The summed E-state index contributed by atoms with van der Waals surface area (Å²) in [5.74, 6) is 0. The molecular weight excluding hydrogens is 478 g/mol. The Bertz CT molecular complexity index is 1300. The quantitative estimate of drug-likeness (QED) is 0.459. The number of nitro groups is 1. The van der Waals surface area contributed by atoms with Crippen molar-refractivity contribution in [3.05, 3.63) is 56.6 Å². The number of halogens is 1. The summed E-state index contributed by atoms with van der Waals surface area (Å²) in [4.78, 5) is 10.5. The number of hydrogen-bond donors (Lipinski definition) is 0. The predicted octanol–water partition coefficient (Wildman–Crippen LogP) is 3.48. The van der Waals surface area contributed by atoms with Crippen molar-refractivity contribution in [2.45, 2.75) is 42.4 Å². The van der Waals surface area contributed by atoms with E-state index < -0.39 is 25.0 Å². The highest BCUT2D eigenvalue weighted by Gasteiger charge is 2.34. The zero-order valence-corrected chi connectivity index (χ0v) is 19.7. The van der Waals surface area contributed by atoms with E-state index in [9.17, 15) is 26.9 Å². The molecule has 12 heteroatoms. The maximum Gasteiger partial charge on any atom is 0.275 e. The summed E-state index contributed by atoms with van der Waals surface area (Å²) >= 11 is 6.06. The van der Waals surface area contributed by atoms with Crippen LogP contribution in [-0.4, -0.2) is 45.7 Å². The molecule has 172 valence electrons. The lowest BCUT2D eigenvalue weighted by molar-refractivity contribution is -0.385. The van der Waals surface area contributed by atoms with E-state index in [1.807, 2.05) is 0 Å². The Morgan fingerprint density at radius 2 is 1.62 bits per heavy atom. The molecule has 2 heterocycles. The van der Waals surface area contributed by atoms with Crippen LogP contribution in [0.3, 0.4) is 0 Å². The highest BCUT2D eigenvalue weighted by Crippen LogP contribution is 2.37. The first kappa shape index (κ1) is 23.0. The minimum absolute atomic E-state index is 0.0137. The van der Waals surface area contributed by atoms with Gasteiger partial charge in [-0.25, -0.2) is 16.8 Å². The van der Waals surface area contributed by atoms with E-state index in [4.69, 9.17) is 11.6 Å². The molecular formula is C20H22ClN3O6S2. The van der Waals surface area contributed by atoms with Crippen LogP contribution in [0.2, 0.25) is 5.02 Å². The predicted molar refractivity (Wildman–Crippen MR) is 120 cm³/mol. The largest absolute Gasteiger partial charge is 0.275 e. The van der Waals surface area contributed by atoms with Crippen LogP contribution in [0.25, 0.3) is 0 Å². The summed E-state index contributed by atoms with van der Waals surface area (Å²) in [7, 11) is -7.77. The van der Waals surface area contributed by atoms with Gasteiger partial charge in [-0.3, -0.25) is 14.4 Å². The standard InChI is InChI=1S/C20H22ClN3O6S2/c1-14-18(21)12-17(13-20(14)24(25)26)32(29,30)23-10-7-15-11-16(5-6-19(15)23)31(27,28)22-8-3-2-4-9-22/h5-6,11-13H,2-4,7-10H2,1H3. The fourth-order valence-electron chi connectivity index (χ4n) is 4.12. The van der Waals surface area contributed by atoms with Crippen LogP contribution in [0.4, 0.5) is 11.4 Å². The van der Waals surface area contributed by atoms with Crippen LogP contribution in [0.5, 0.6) is 0 Å². The number of sulfonamides is 2. The first-order valence-electron chi connectivity index (χ1n) is 10.1. The number of benzene rings is 2. The van der Waals surface area contributed by atoms with Gasteiger partial charge >= 0.3 is 0 Å². The van der Waals surface area contributed by atoms with Crippen LogP contribution >= 0.6 is 11.6 Å². The van der Waals surface area contributed by atoms with E-state index in [2.05, 4.69) is 0 Å². The molecule has 0 saturated carbocycles. The fourth-order valence-corrected chi connectivity index (χ4v) is 7.52. The number of anilines is 1. The molecule has 0 aromatic heterocycles. The van der Waals surface area contributed by atoms with E-state index in [0.29, 0.717) is 30.8 Å². The van der Waals surface area contributed by atoms with Gasteiger partial charge in [0.05, 0.1) is 25.4 Å². The molecule has 0 spiro atoms. The van der Waals surface area contributed by atoms with Gasteiger partial charge in [0.2, 0.25) is 10.0 Å². The van der Waals surface area contributed by atoms with Gasteiger partial charge in [0, 0.05) is 31.3 Å². The lowest BCUT2D eigenvalue weighted by Gasteiger charge is -2.26. The van der Waals surface area contributed by atoms with Crippen molar-refractivity contribution < 1.29 is 21.8 Å². The van der Waals surface area contributed by atoms with Crippen LogP contribution in [0.1, 0.15) is 30.4 Å². The Hall–Kier alpha value is -2.21. The van der Waals surface area contributed by atoms with Crippen LogP contribution in [0, 0.1) is 17.0 Å². The Kier molecular flexibility index (Phi) is 5.95. The average molecular weight is 500 g/mol. The SMILES string of the molecule is Cc1c(Cl)cc(S(=O)(=O)N2CCc3cc(S(=O)(=O)N4CCCCC4)ccc32)cc1[N+](=O)[O-]. The van der Waals surface area contributed by atoms with Crippen molar-refractivity contribution in [3.63, 3.8) is 0 Å². The maximum atomic E-state index is 13.3. The molecule has 0 amide bonds. The lowest BCUT2D eigenvalue weighted by Crippen LogP contribution is -2.35. The second-order valence-electron chi connectivity index (χ2n) is 7.89. The van der Waals surface area contributed by atoms with E-state index in [0.717, 1.165) is 29.6 Å². The highest BCUT2D eigenvalue weighted by molar-refractivity contribution is 7.93. The summed E-state index contributed by atoms with van der Waals surface area (Å²) in [6.07, 6.45) is 2.98. The molecule has 2 aliphatic rings. The molecule has 2 aromatic rings. The lowest BCUT2D eigenvalue weighted by atomic mass is 10.2. The number of rotatable bonds is 5. The second kappa shape index (κ2) is 8.29. The van der Waals surface area contributed by atoms with E-state index in [-0.39, 0.29) is 32.6 Å². The van der Waals surface area contributed by atoms with Gasteiger partial charge in [-0.1, -0.05) is 18.0 Å². The minimum atomic E-state index is -4.13. The molecule has 0 aliphatic carbocycles. The molecule has 0 atom stereocenters. The molecule has 1 fully saturated rings. The second-order valence-corrected chi connectivity index (χ2v) is 12.1. The summed E-state index contributed by atoms with van der Waals surface area (Å²) in [6, 6.07) is 6.64. The molecule has 9 nitrogen and oxygen atoms in total. The molecule has 1 saturated heterocycles. The number of nitrogens with zero attached hydrogens (tertiary/aromatic N) is 3. The average Bonchev–Trinajstić information content (AvgIpc) is 3.20. The molecule has 0 radical (unpaired) electrons. The summed E-state index contributed by atoms with van der Waals surface area (Å²) in [5.41, 5.74) is 0.768. The first-order valence-corrected chi connectivity index (χ1v) is 13.4. The van der Waals surface area contributed by atoms with Crippen molar-refractivity contribution in [3.8, 4) is 0 Å². The molecule has 32 heavy (non-hydrogen) atoms. The highest BCUT2D eigenvalue weighted by atomic mass is 35.5. The molecule has 2 aliphatic heterocycles. The van der Waals surface area contributed by atoms with Gasteiger partial charge in [0.1, 0.15) is 0 Å². The normalized spacial score (nSPS) is 17.4. The Labute approximate surface area is 191 Å². The molecule has 2 aromatic carbocycles. The summed E-state index contributed by atoms with van der Waals surface area (Å²) < 4.78 is 55.1. The van der Waals surface area contributed by atoms with Crippen molar-refractivity contribution in [2.75, 3.05) is 23.9 Å². The Morgan fingerprint density at radius 3 is 2.28 bits per heavy atom. The maximum absolute atomic E-state index is 13.3. The van der Waals surface area contributed by atoms with Crippen LogP contribution < -0.4 is 4.31 Å². The van der Waals surface area contributed by atoms with Crippen molar-refractivity contribution in [1.82, 2.24) is 4.31 Å². The van der Waals surface area contributed by atoms with Gasteiger partial charge in [0.15, 0.2) is 0 Å².